The Morgan fingerprint density at radius 1 is 0.472 bits per heavy atom. The van der Waals surface area contributed by atoms with Crippen molar-refractivity contribution in [1.82, 2.24) is 0 Å². The lowest BCUT2D eigenvalue weighted by Gasteiger charge is -2.09. The summed E-state index contributed by atoms with van der Waals surface area (Å²) in [6.45, 7) is 8.39. The number of rotatable bonds is 28. The van der Waals surface area contributed by atoms with Crippen molar-refractivity contribution >= 4 is 0 Å². The van der Waals surface area contributed by atoms with E-state index in [4.69, 9.17) is 52.5 Å². The van der Waals surface area contributed by atoms with Gasteiger partial charge < -0.3 is 52.5 Å². The molecule has 0 saturated heterocycles. The molecule has 0 aromatic heterocycles. The van der Waals surface area contributed by atoms with Crippen molar-refractivity contribution in [2.75, 3.05) is 126 Å². The van der Waals surface area contributed by atoms with E-state index in [1.165, 1.54) is 0 Å². The van der Waals surface area contributed by atoms with Gasteiger partial charge in [-0.3, -0.25) is 0 Å². The molecule has 1 rings (SSSR count). The molecule has 1 aromatic carbocycles. The normalized spacial score (nSPS) is 11.2. The van der Waals surface area contributed by atoms with Gasteiger partial charge >= 0.3 is 0 Å². The number of benzene rings is 1. The van der Waals surface area contributed by atoms with Crippen LogP contribution in [0.3, 0.4) is 0 Å². The maximum Gasteiger partial charge on any atom is 0.123 e. The Hall–Kier alpha value is -1.54. The van der Waals surface area contributed by atoms with Gasteiger partial charge in [-0.25, -0.2) is 0 Å². The smallest absolute Gasteiger partial charge is 0.123 e. The standard InChI is InChI=1S/C25H44O11/c1-27-24-3-2-4-25(23-24)36-22-21-35-20-19-34-18-17-33-16-15-32-14-13-31-12-11-30-10-9-29-8-7-28-6-5-26/h2-4,23,26H,5-22H2,1H3. The number of hydrogen-bond acceptors (Lipinski definition) is 11. The fourth-order valence-electron chi connectivity index (χ4n) is 2.62. The molecule has 1 aromatic rings. The lowest BCUT2D eigenvalue weighted by atomic mass is 10.3. The minimum absolute atomic E-state index is 0.0276. The summed E-state index contributed by atoms with van der Waals surface area (Å²) in [5.74, 6) is 1.52. The van der Waals surface area contributed by atoms with Gasteiger partial charge in [0, 0.05) is 6.07 Å². The zero-order valence-electron chi connectivity index (χ0n) is 21.6. The quantitative estimate of drug-likeness (QED) is 0.161. The summed E-state index contributed by atoms with van der Waals surface area (Å²) in [5, 5.41) is 8.56. The van der Waals surface area contributed by atoms with Crippen molar-refractivity contribution in [3.63, 3.8) is 0 Å². The van der Waals surface area contributed by atoms with Crippen LogP contribution in [0.4, 0.5) is 0 Å². The van der Waals surface area contributed by atoms with E-state index in [9.17, 15) is 0 Å². The minimum atomic E-state index is 0.0276. The molecule has 210 valence electrons. The Kier molecular flexibility index (Phi) is 23.9. The third-order valence-electron chi connectivity index (χ3n) is 4.38. The highest BCUT2D eigenvalue weighted by molar-refractivity contribution is 5.32. The summed E-state index contributed by atoms with van der Waals surface area (Å²) < 4.78 is 53.8. The van der Waals surface area contributed by atoms with Gasteiger partial charge in [-0.15, -0.1) is 0 Å². The molecule has 0 atom stereocenters. The zero-order valence-corrected chi connectivity index (χ0v) is 21.6. The van der Waals surface area contributed by atoms with Gasteiger partial charge in [0.2, 0.25) is 0 Å². The molecule has 0 spiro atoms. The second kappa shape index (κ2) is 26.5. The number of methoxy groups -OCH3 is 1. The highest BCUT2D eigenvalue weighted by Crippen LogP contribution is 2.18. The van der Waals surface area contributed by atoms with Crippen LogP contribution in [0, 0.1) is 0 Å². The lowest BCUT2D eigenvalue weighted by molar-refractivity contribution is -0.0242. The molecule has 0 aliphatic heterocycles. The maximum atomic E-state index is 8.56. The minimum Gasteiger partial charge on any atom is -0.497 e. The Balaban J connectivity index is 1.68. The molecule has 0 unspecified atom stereocenters. The Labute approximate surface area is 214 Å². The lowest BCUT2D eigenvalue weighted by Crippen LogP contribution is -2.15. The van der Waals surface area contributed by atoms with Gasteiger partial charge in [-0.1, -0.05) is 6.07 Å². The maximum absolute atomic E-state index is 8.56. The SMILES string of the molecule is COc1cccc(OCCOCCOCCOCCOCCOCCOCCOCCOCCO)c1. The predicted octanol–water partition coefficient (Wildman–Crippen LogP) is 1.20. The summed E-state index contributed by atoms with van der Waals surface area (Å²) in [4.78, 5) is 0. The molecule has 0 fully saturated rings. The molecule has 0 bridgehead atoms. The summed E-state index contributed by atoms with van der Waals surface area (Å²) in [6, 6.07) is 7.46. The van der Waals surface area contributed by atoms with Crippen LogP contribution < -0.4 is 9.47 Å². The van der Waals surface area contributed by atoms with Crippen molar-refractivity contribution in [1.29, 1.82) is 0 Å². The van der Waals surface area contributed by atoms with Crippen LogP contribution in [0.1, 0.15) is 0 Å². The van der Waals surface area contributed by atoms with E-state index in [-0.39, 0.29) is 6.61 Å². The van der Waals surface area contributed by atoms with Gasteiger partial charge in [0.1, 0.15) is 18.1 Å². The van der Waals surface area contributed by atoms with Crippen LogP contribution in [0.15, 0.2) is 24.3 Å². The van der Waals surface area contributed by atoms with Crippen LogP contribution >= 0.6 is 0 Å². The highest BCUT2D eigenvalue weighted by atomic mass is 16.6. The molecular formula is C25H44O11. The van der Waals surface area contributed by atoms with Crippen molar-refractivity contribution in [2.24, 2.45) is 0 Å². The number of hydrogen-bond donors (Lipinski definition) is 1. The molecule has 0 saturated carbocycles. The molecule has 0 aliphatic carbocycles. The average molecular weight is 521 g/mol. The topological polar surface area (TPSA) is 113 Å². The summed E-state index contributed by atoms with van der Waals surface area (Å²) in [6.07, 6.45) is 0. The van der Waals surface area contributed by atoms with E-state index in [2.05, 4.69) is 0 Å². The molecule has 11 nitrogen and oxygen atoms in total. The largest absolute Gasteiger partial charge is 0.497 e. The molecule has 0 heterocycles. The van der Waals surface area contributed by atoms with Crippen molar-refractivity contribution in [3.8, 4) is 11.5 Å². The third kappa shape index (κ3) is 21.7. The van der Waals surface area contributed by atoms with E-state index in [1.807, 2.05) is 24.3 Å². The second-order valence-corrected chi connectivity index (χ2v) is 7.15. The first-order valence-corrected chi connectivity index (χ1v) is 12.4. The summed E-state index contributed by atoms with van der Waals surface area (Å²) >= 11 is 0. The molecular weight excluding hydrogens is 476 g/mol. The third-order valence-corrected chi connectivity index (χ3v) is 4.38. The van der Waals surface area contributed by atoms with Gasteiger partial charge in [0.15, 0.2) is 0 Å². The fourth-order valence-corrected chi connectivity index (χ4v) is 2.62. The van der Waals surface area contributed by atoms with E-state index >= 15 is 0 Å². The molecule has 0 aliphatic rings. The Morgan fingerprint density at radius 2 is 0.806 bits per heavy atom. The fraction of sp³-hybridized carbons (Fsp3) is 0.760. The first-order chi connectivity index (χ1) is 17.9. The van der Waals surface area contributed by atoms with Crippen LogP contribution in [0.25, 0.3) is 0 Å². The van der Waals surface area contributed by atoms with E-state index in [0.717, 1.165) is 11.5 Å². The molecule has 0 amide bonds. The first kappa shape index (κ1) is 32.5. The predicted molar refractivity (Wildman–Crippen MR) is 132 cm³/mol. The number of aliphatic hydroxyl groups excluding tert-OH is 1. The number of aliphatic hydroxyl groups is 1. The number of ether oxygens (including phenoxy) is 10. The molecule has 11 heteroatoms. The van der Waals surface area contributed by atoms with E-state index in [0.29, 0.717) is 112 Å². The van der Waals surface area contributed by atoms with Gasteiger partial charge in [0.05, 0.1) is 119 Å². The van der Waals surface area contributed by atoms with Crippen molar-refractivity contribution < 1.29 is 52.5 Å². The molecule has 36 heavy (non-hydrogen) atoms. The van der Waals surface area contributed by atoms with E-state index in [1.54, 1.807) is 7.11 Å². The van der Waals surface area contributed by atoms with Crippen LogP contribution in [-0.2, 0) is 37.9 Å². The highest BCUT2D eigenvalue weighted by Gasteiger charge is 1.98. The van der Waals surface area contributed by atoms with Crippen LogP contribution in [-0.4, -0.2) is 131 Å². The van der Waals surface area contributed by atoms with Gasteiger partial charge in [-0.05, 0) is 12.1 Å². The zero-order chi connectivity index (χ0) is 25.8. The van der Waals surface area contributed by atoms with Crippen molar-refractivity contribution in [2.45, 2.75) is 0 Å². The Bertz CT molecular complexity index is 577. The summed E-state index contributed by atoms with van der Waals surface area (Å²) in [7, 11) is 1.62. The molecule has 0 radical (unpaired) electrons. The van der Waals surface area contributed by atoms with Crippen molar-refractivity contribution in [3.05, 3.63) is 24.3 Å². The Morgan fingerprint density at radius 3 is 1.17 bits per heavy atom. The average Bonchev–Trinajstić information content (AvgIpc) is 2.90. The first-order valence-electron chi connectivity index (χ1n) is 12.4. The van der Waals surface area contributed by atoms with Gasteiger partial charge in [-0.2, -0.15) is 0 Å². The van der Waals surface area contributed by atoms with Crippen LogP contribution in [0.2, 0.25) is 0 Å². The second-order valence-electron chi connectivity index (χ2n) is 7.15. The van der Waals surface area contributed by atoms with Gasteiger partial charge in [0.25, 0.3) is 0 Å². The van der Waals surface area contributed by atoms with Crippen LogP contribution in [0.5, 0.6) is 11.5 Å². The monoisotopic (exact) mass is 520 g/mol. The molecule has 1 N–H and O–H groups in total. The summed E-state index contributed by atoms with van der Waals surface area (Å²) in [5.41, 5.74) is 0. The van der Waals surface area contributed by atoms with E-state index < -0.39 is 0 Å².